The van der Waals surface area contributed by atoms with Crippen LogP contribution in [0.1, 0.15) is 67.2 Å². The minimum atomic E-state index is -0.375. The summed E-state index contributed by atoms with van der Waals surface area (Å²) in [6.45, 7) is 17.4. The zero-order chi connectivity index (χ0) is 17.4. The number of ketones is 1. The van der Waals surface area contributed by atoms with Crippen molar-refractivity contribution in [3.8, 4) is 0 Å². The van der Waals surface area contributed by atoms with E-state index in [9.17, 15) is 9.90 Å². The summed E-state index contributed by atoms with van der Waals surface area (Å²) >= 11 is 0. The second-order valence-corrected chi connectivity index (χ2v) is 9.60. The first-order chi connectivity index (χ1) is 10.5. The van der Waals surface area contributed by atoms with Crippen LogP contribution in [0, 0.1) is 39.4 Å². The fourth-order valence-corrected chi connectivity index (χ4v) is 7.23. The van der Waals surface area contributed by atoms with Crippen molar-refractivity contribution in [3.63, 3.8) is 0 Å². The minimum Gasteiger partial charge on any atom is -0.392 e. The van der Waals surface area contributed by atoms with Gasteiger partial charge < -0.3 is 5.11 Å². The summed E-state index contributed by atoms with van der Waals surface area (Å²) in [5, 5.41) is 11.1. The van der Waals surface area contributed by atoms with Crippen LogP contribution in [0.15, 0.2) is 12.7 Å². The molecule has 0 heterocycles. The van der Waals surface area contributed by atoms with Gasteiger partial charge in [-0.15, -0.1) is 6.58 Å². The van der Waals surface area contributed by atoms with E-state index in [-0.39, 0.29) is 33.7 Å². The number of rotatable bonds is 3. The summed E-state index contributed by atoms with van der Waals surface area (Å²) in [4.78, 5) is 12.8. The molecule has 0 aromatic rings. The maximum absolute atomic E-state index is 12.8. The van der Waals surface area contributed by atoms with Gasteiger partial charge in [-0.3, -0.25) is 4.79 Å². The zero-order valence-corrected chi connectivity index (χ0v) is 15.8. The van der Waals surface area contributed by atoms with Gasteiger partial charge in [-0.25, -0.2) is 0 Å². The van der Waals surface area contributed by atoms with E-state index in [0.29, 0.717) is 24.0 Å². The lowest BCUT2D eigenvalue weighted by atomic mass is 9.21. The molecule has 3 saturated carbocycles. The highest BCUT2D eigenvalue weighted by atomic mass is 16.3. The molecule has 0 aromatic heterocycles. The lowest BCUT2D eigenvalue weighted by Gasteiger charge is -2.82. The van der Waals surface area contributed by atoms with Crippen LogP contribution in [0.3, 0.4) is 0 Å². The maximum atomic E-state index is 12.8. The standard InChI is InChI=1S/C21H34O2/c1-8-15(22)21-12-20(7)13(3)16(23)18(5,9-2)10-11-19(6,14(21)4)17(20)21/h9,13-14,16-17,23H,2,8,10-12H2,1,3-7H3/t13-,14?,16?,17?,18+,19?,20?,21?/m0/s1. The fraction of sp³-hybridized carbons (Fsp3) is 0.857. The van der Waals surface area contributed by atoms with Gasteiger partial charge in [0, 0.05) is 17.3 Å². The molecule has 0 bridgehead atoms. The zero-order valence-electron chi connectivity index (χ0n) is 15.8. The smallest absolute Gasteiger partial charge is 0.139 e. The Balaban J connectivity index is 2.06. The van der Waals surface area contributed by atoms with Crippen molar-refractivity contribution in [1.29, 1.82) is 0 Å². The molecule has 1 N–H and O–H groups in total. The summed E-state index contributed by atoms with van der Waals surface area (Å²) in [6, 6.07) is 0. The van der Waals surface area contributed by atoms with E-state index in [0.717, 1.165) is 19.3 Å². The van der Waals surface area contributed by atoms with E-state index in [2.05, 4.69) is 41.2 Å². The van der Waals surface area contributed by atoms with Crippen molar-refractivity contribution in [2.24, 2.45) is 39.4 Å². The molecule has 2 heteroatoms. The molecule has 2 nitrogen and oxygen atoms in total. The highest BCUT2D eigenvalue weighted by Gasteiger charge is 2.82. The summed E-state index contributed by atoms with van der Waals surface area (Å²) in [5.41, 5.74) is -0.0421. The van der Waals surface area contributed by atoms with E-state index < -0.39 is 0 Å². The van der Waals surface area contributed by atoms with Crippen LogP contribution >= 0.6 is 0 Å². The highest BCUT2D eigenvalue weighted by molar-refractivity contribution is 5.88. The quantitative estimate of drug-likeness (QED) is 0.771. The molecular formula is C21H34O2. The van der Waals surface area contributed by atoms with Crippen LogP contribution in [0.4, 0.5) is 0 Å². The Morgan fingerprint density at radius 2 is 1.83 bits per heavy atom. The van der Waals surface area contributed by atoms with Crippen molar-refractivity contribution in [3.05, 3.63) is 12.7 Å². The first kappa shape index (κ1) is 17.2. The molecule has 0 aromatic carbocycles. The highest BCUT2D eigenvalue weighted by Crippen LogP contribution is 2.84. The van der Waals surface area contributed by atoms with Gasteiger partial charge in [-0.05, 0) is 47.8 Å². The molecule has 3 aliphatic carbocycles. The van der Waals surface area contributed by atoms with E-state index in [4.69, 9.17) is 0 Å². The minimum absolute atomic E-state index is 0.0657. The van der Waals surface area contributed by atoms with E-state index in [1.54, 1.807) is 0 Å². The second-order valence-electron chi connectivity index (χ2n) is 9.60. The van der Waals surface area contributed by atoms with Crippen molar-refractivity contribution in [2.45, 2.75) is 73.3 Å². The Labute approximate surface area is 141 Å². The summed E-state index contributed by atoms with van der Waals surface area (Å²) in [7, 11) is 0. The van der Waals surface area contributed by atoms with Gasteiger partial charge >= 0.3 is 0 Å². The maximum Gasteiger partial charge on any atom is 0.139 e. The van der Waals surface area contributed by atoms with Crippen LogP contribution in [0.2, 0.25) is 0 Å². The molecule has 23 heavy (non-hydrogen) atoms. The average Bonchev–Trinajstić information content (AvgIpc) is 2.53. The molecule has 0 aliphatic heterocycles. The van der Waals surface area contributed by atoms with Crippen LogP contribution < -0.4 is 0 Å². The molecular weight excluding hydrogens is 284 g/mol. The van der Waals surface area contributed by atoms with Crippen LogP contribution in [0.5, 0.6) is 0 Å². The Hall–Kier alpha value is -0.630. The third-order valence-corrected chi connectivity index (χ3v) is 8.97. The summed E-state index contributed by atoms with van der Waals surface area (Å²) in [6.07, 6.45) is 5.24. The van der Waals surface area contributed by atoms with E-state index in [1.165, 1.54) is 0 Å². The molecule has 3 aliphatic rings. The van der Waals surface area contributed by atoms with E-state index in [1.807, 2.05) is 13.0 Å². The molecule has 8 atom stereocenters. The Morgan fingerprint density at radius 3 is 2.35 bits per heavy atom. The van der Waals surface area contributed by atoms with Gasteiger partial charge in [0.05, 0.1) is 6.10 Å². The monoisotopic (exact) mass is 318 g/mol. The number of carbonyl (C=O) groups excluding carboxylic acids is 1. The number of hydrogen-bond acceptors (Lipinski definition) is 2. The van der Waals surface area contributed by atoms with Crippen molar-refractivity contribution in [2.75, 3.05) is 0 Å². The molecule has 0 radical (unpaired) electrons. The number of aliphatic hydroxyl groups excluding tert-OH is 1. The normalized spacial score (nSPS) is 58.0. The summed E-state index contributed by atoms with van der Waals surface area (Å²) < 4.78 is 0. The van der Waals surface area contributed by atoms with Gasteiger partial charge in [-0.1, -0.05) is 47.6 Å². The van der Waals surface area contributed by atoms with Gasteiger partial charge in [-0.2, -0.15) is 0 Å². The Bertz CT molecular complexity index is 554. The topological polar surface area (TPSA) is 37.3 Å². The molecule has 0 saturated heterocycles. The molecule has 3 fully saturated rings. The van der Waals surface area contributed by atoms with Crippen LogP contribution in [-0.2, 0) is 4.79 Å². The van der Waals surface area contributed by atoms with Gasteiger partial charge in [0.25, 0.3) is 0 Å². The Morgan fingerprint density at radius 1 is 1.22 bits per heavy atom. The molecule has 0 spiro atoms. The predicted molar refractivity (Wildman–Crippen MR) is 93.9 cm³/mol. The number of aliphatic hydroxyl groups is 1. The second kappa shape index (κ2) is 4.71. The first-order valence-corrected chi connectivity index (χ1v) is 9.39. The van der Waals surface area contributed by atoms with Crippen molar-refractivity contribution >= 4 is 5.78 Å². The van der Waals surface area contributed by atoms with Gasteiger partial charge in [0.15, 0.2) is 0 Å². The van der Waals surface area contributed by atoms with Gasteiger partial charge in [0.1, 0.15) is 5.78 Å². The Kier molecular flexibility index (Phi) is 3.53. The van der Waals surface area contributed by atoms with E-state index >= 15 is 0 Å². The lowest BCUT2D eigenvalue weighted by Crippen LogP contribution is -2.80. The van der Waals surface area contributed by atoms with Crippen LogP contribution in [-0.4, -0.2) is 17.0 Å². The molecule has 130 valence electrons. The largest absolute Gasteiger partial charge is 0.392 e. The fourth-order valence-electron chi connectivity index (χ4n) is 7.23. The molecule has 3 rings (SSSR count). The third-order valence-electron chi connectivity index (χ3n) is 8.97. The molecule has 0 amide bonds. The first-order valence-electron chi connectivity index (χ1n) is 9.39. The number of carbonyl (C=O) groups is 1. The third kappa shape index (κ3) is 1.67. The number of Topliss-reactive ketones (excluding diaryl/α,β-unsaturated/α-hetero) is 1. The average molecular weight is 319 g/mol. The van der Waals surface area contributed by atoms with Crippen LogP contribution in [0.25, 0.3) is 0 Å². The SMILES string of the molecule is C=C[C@]1(C)CCC2(C)C(C)C3(C(=O)CC)CC(C)(C23)[C@@H](C)C1O. The van der Waals surface area contributed by atoms with Crippen molar-refractivity contribution in [1.82, 2.24) is 0 Å². The summed E-state index contributed by atoms with van der Waals surface area (Å²) in [5.74, 6) is 1.54. The lowest BCUT2D eigenvalue weighted by molar-refractivity contribution is -0.340. The molecule has 6 unspecified atom stereocenters. The van der Waals surface area contributed by atoms with Crippen molar-refractivity contribution < 1.29 is 9.90 Å². The predicted octanol–water partition coefficient (Wildman–Crippen LogP) is 4.62. The number of hydrogen-bond donors (Lipinski definition) is 1. The van der Waals surface area contributed by atoms with Gasteiger partial charge in [0.2, 0.25) is 0 Å².